The molecule has 0 spiro atoms. The highest BCUT2D eigenvalue weighted by atomic mass is 16.5. The molecule has 0 aromatic heterocycles. The Balaban J connectivity index is 2.26. The van der Waals surface area contributed by atoms with Crippen molar-refractivity contribution in [2.24, 2.45) is 5.41 Å². The Kier molecular flexibility index (Phi) is 2.63. The van der Waals surface area contributed by atoms with Gasteiger partial charge in [0.1, 0.15) is 12.9 Å². The van der Waals surface area contributed by atoms with E-state index in [1.54, 1.807) is 0 Å². The summed E-state index contributed by atoms with van der Waals surface area (Å²) in [7, 11) is 0. The van der Waals surface area contributed by atoms with E-state index in [0.29, 0.717) is 0 Å². The second-order valence-corrected chi connectivity index (χ2v) is 3.13. The van der Waals surface area contributed by atoms with Crippen LogP contribution in [0.3, 0.4) is 0 Å². The fraction of sp³-hybridized carbons (Fsp3) is 0.556. The quantitative estimate of drug-likeness (QED) is 0.350. The summed E-state index contributed by atoms with van der Waals surface area (Å²) in [5.74, 6) is -0.306. The van der Waals surface area contributed by atoms with Crippen LogP contribution >= 0.6 is 0 Å². The van der Waals surface area contributed by atoms with E-state index in [1.807, 2.05) is 0 Å². The van der Waals surface area contributed by atoms with Gasteiger partial charge in [0.2, 0.25) is 0 Å². The van der Waals surface area contributed by atoms with Crippen LogP contribution < -0.4 is 0 Å². The number of ether oxygens (including phenoxy) is 1. The molecule has 0 amide bonds. The van der Waals surface area contributed by atoms with Crippen LogP contribution in [0.4, 0.5) is 0 Å². The van der Waals surface area contributed by atoms with E-state index < -0.39 is 0 Å². The van der Waals surface area contributed by atoms with Crippen LogP contribution in [0.5, 0.6) is 0 Å². The standard InChI is InChI=1S/C9H12O3/c1-2-5-12-8(11)6-9(7-10)3-4-9/h2,7H,1,3-6H2. The van der Waals surface area contributed by atoms with Crippen LogP contribution in [0.25, 0.3) is 0 Å². The first kappa shape index (κ1) is 8.97. The van der Waals surface area contributed by atoms with E-state index in [4.69, 9.17) is 4.74 Å². The number of carbonyl (C=O) groups is 2. The lowest BCUT2D eigenvalue weighted by Crippen LogP contribution is -2.13. The Morgan fingerprint density at radius 2 is 2.25 bits per heavy atom. The molecule has 1 aliphatic rings. The fourth-order valence-corrected chi connectivity index (χ4v) is 0.987. The maximum absolute atomic E-state index is 11.0. The van der Waals surface area contributed by atoms with Crippen molar-refractivity contribution in [1.82, 2.24) is 0 Å². The first-order valence-electron chi connectivity index (χ1n) is 3.95. The van der Waals surface area contributed by atoms with Crippen LogP contribution in [-0.4, -0.2) is 18.9 Å². The van der Waals surface area contributed by atoms with Gasteiger partial charge in [-0.2, -0.15) is 0 Å². The summed E-state index contributed by atoms with van der Waals surface area (Å²) in [6, 6.07) is 0. The van der Waals surface area contributed by atoms with Gasteiger partial charge in [0.15, 0.2) is 0 Å². The highest BCUT2D eigenvalue weighted by Crippen LogP contribution is 2.46. The van der Waals surface area contributed by atoms with Gasteiger partial charge in [-0.05, 0) is 12.8 Å². The third kappa shape index (κ3) is 2.19. The lowest BCUT2D eigenvalue weighted by molar-refractivity contribution is -0.144. The summed E-state index contributed by atoms with van der Waals surface area (Å²) in [6.45, 7) is 3.65. The van der Waals surface area contributed by atoms with Crippen molar-refractivity contribution >= 4 is 12.3 Å². The van der Waals surface area contributed by atoms with Crippen LogP contribution in [-0.2, 0) is 14.3 Å². The number of hydrogen-bond donors (Lipinski definition) is 0. The van der Waals surface area contributed by atoms with Crippen molar-refractivity contribution in [2.45, 2.75) is 19.3 Å². The Labute approximate surface area is 71.4 Å². The smallest absolute Gasteiger partial charge is 0.307 e. The predicted molar refractivity (Wildman–Crippen MR) is 43.5 cm³/mol. The number of esters is 1. The van der Waals surface area contributed by atoms with Gasteiger partial charge in [0, 0.05) is 5.41 Å². The molecule has 0 aromatic rings. The van der Waals surface area contributed by atoms with Crippen LogP contribution in [0.1, 0.15) is 19.3 Å². The molecule has 0 saturated heterocycles. The number of rotatable bonds is 5. The van der Waals surface area contributed by atoms with Gasteiger partial charge in [-0.3, -0.25) is 4.79 Å². The van der Waals surface area contributed by atoms with Gasteiger partial charge in [-0.25, -0.2) is 0 Å². The summed E-state index contributed by atoms with van der Waals surface area (Å²) < 4.78 is 4.75. The molecule has 3 heteroatoms. The summed E-state index contributed by atoms with van der Waals surface area (Å²) in [5, 5.41) is 0. The highest BCUT2D eigenvalue weighted by Gasteiger charge is 2.44. The SMILES string of the molecule is C=CCOC(=O)CC1(C=O)CC1. The second-order valence-electron chi connectivity index (χ2n) is 3.13. The highest BCUT2D eigenvalue weighted by molar-refractivity contribution is 5.78. The van der Waals surface area contributed by atoms with Gasteiger partial charge in [0.25, 0.3) is 0 Å². The van der Waals surface area contributed by atoms with E-state index in [2.05, 4.69) is 6.58 Å². The van der Waals surface area contributed by atoms with E-state index >= 15 is 0 Å². The normalized spacial score (nSPS) is 18.0. The molecule has 1 aliphatic carbocycles. The maximum atomic E-state index is 11.0. The molecular formula is C9H12O3. The molecule has 12 heavy (non-hydrogen) atoms. The second kappa shape index (κ2) is 3.52. The molecule has 0 aliphatic heterocycles. The first-order chi connectivity index (χ1) is 5.72. The van der Waals surface area contributed by atoms with Crippen molar-refractivity contribution in [3.63, 3.8) is 0 Å². The van der Waals surface area contributed by atoms with Crippen molar-refractivity contribution in [1.29, 1.82) is 0 Å². The molecular weight excluding hydrogens is 156 g/mol. The molecule has 1 saturated carbocycles. The van der Waals surface area contributed by atoms with Gasteiger partial charge in [-0.15, -0.1) is 0 Å². The number of aldehydes is 1. The summed E-state index contributed by atoms with van der Waals surface area (Å²) in [5.41, 5.74) is -0.377. The minimum atomic E-state index is -0.377. The average Bonchev–Trinajstić information content (AvgIpc) is 2.82. The van der Waals surface area contributed by atoms with Gasteiger partial charge < -0.3 is 9.53 Å². The third-order valence-corrected chi connectivity index (χ3v) is 2.00. The van der Waals surface area contributed by atoms with E-state index in [9.17, 15) is 9.59 Å². The van der Waals surface area contributed by atoms with Crippen LogP contribution in [0.15, 0.2) is 12.7 Å². The van der Waals surface area contributed by atoms with Gasteiger partial charge >= 0.3 is 5.97 Å². The van der Waals surface area contributed by atoms with Gasteiger partial charge in [-0.1, -0.05) is 12.7 Å². The van der Waals surface area contributed by atoms with Crippen LogP contribution in [0.2, 0.25) is 0 Å². The predicted octanol–water partition coefficient (Wildman–Crippen LogP) is 1.08. The molecule has 0 atom stereocenters. The average molecular weight is 168 g/mol. The molecule has 0 unspecified atom stereocenters. The number of carbonyl (C=O) groups excluding carboxylic acids is 2. The Hall–Kier alpha value is -1.12. The fourth-order valence-electron chi connectivity index (χ4n) is 0.987. The summed E-state index contributed by atoms with van der Waals surface area (Å²) in [4.78, 5) is 21.5. The minimum absolute atomic E-state index is 0.227. The molecule has 0 N–H and O–H groups in total. The van der Waals surface area contributed by atoms with E-state index in [1.165, 1.54) is 6.08 Å². The van der Waals surface area contributed by atoms with Crippen molar-refractivity contribution in [2.75, 3.05) is 6.61 Å². The first-order valence-corrected chi connectivity index (χ1v) is 3.95. The minimum Gasteiger partial charge on any atom is -0.461 e. The molecule has 0 heterocycles. The van der Waals surface area contributed by atoms with Crippen molar-refractivity contribution < 1.29 is 14.3 Å². The Morgan fingerprint density at radius 3 is 2.67 bits per heavy atom. The summed E-state index contributed by atoms with van der Waals surface area (Å²) in [6.07, 6.45) is 4.24. The monoisotopic (exact) mass is 168 g/mol. The molecule has 1 rings (SSSR count). The van der Waals surface area contributed by atoms with E-state index in [0.717, 1.165) is 19.1 Å². The lowest BCUT2D eigenvalue weighted by Gasteiger charge is -2.05. The Morgan fingerprint density at radius 1 is 1.58 bits per heavy atom. The van der Waals surface area contributed by atoms with Crippen molar-refractivity contribution in [3.8, 4) is 0 Å². The topological polar surface area (TPSA) is 43.4 Å². The maximum Gasteiger partial charge on any atom is 0.307 e. The Bertz CT molecular complexity index is 204. The zero-order chi connectivity index (χ0) is 9.03. The van der Waals surface area contributed by atoms with Gasteiger partial charge in [0.05, 0.1) is 6.42 Å². The summed E-state index contributed by atoms with van der Waals surface area (Å²) >= 11 is 0. The molecule has 0 radical (unpaired) electrons. The molecule has 3 nitrogen and oxygen atoms in total. The molecule has 1 fully saturated rings. The van der Waals surface area contributed by atoms with Crippen LogP contribution in [0, 0.1) is 5.41 Å². The zero-order valence-electron chi connectivity index (χ0n) is 6.91. The molecule has 66 valence electrons. The number of hydrogen-bond acceptors (Lipinski definition) is 3. The molecule has 0 aromatic carbocycles. The third-order valence-electron chi connectivity index (χ3n) is 2.00. The zero-order valence-corrected chi connectivity index (χ0v) is 6.91. The lowest BCUT2D eigenvalue weighted by atomic mass is 10.1. The largest absolute Gasteiger partial charge is 0.461 e. The van der Waals surface area contributed by atoms with E-state index in [-0.39, 0.29) is 24.4 Å². The van der Waals surface area contributed by atoms with Crippen molar-refractivity contribution in [3.05, 3.63) is 12.7 Å². The molecule has 0 bridgehead atoms.